The predicted molar refractivity (Wildman–Crippen MR) is 131 cm³/mol. The lowest BCUT2D eigenvalue weighted by Gasteiger charge is -2.17. The summed E-state index contributed by atoms with van der Waals surface area (Å²) in [4.78, 5) is 12.8. The van der Waals surface area contributed by atoms with Crippen molar-refractivity contribution in [3.05, 3.63) is 71.8 Å². The van der Waals surface area contributed by atoms with Crippen LogP contribution in [0.4, 0.5) is 11.4 Å². The lowest BCUT2D eigenvalue weighted by molar-refractivity contribution is 0.0601. The molecule has 0 aliphatic rings. The van der Waals surface area contributed by atoms with E-state index < -0.39 is 0 Å². The number of esters is 1. The molecular weight excluding hydrogens is 384 g/mol. The van der Waals surface area contributed by atoms with Crippen LogP contribution in [0.15, 0.2) is 60.7 Å². The van der Waals surface area contributed by atoms with E-state index in [4.69, 9.17) is 4.74 Å². The summed E-state index contributed by atoms with van der Waals surface area (Å²) >= 11 is 0. The zero-order chi connectivity index (χ0) is 22.4. The number of ether oxygens (including phenoxy) is 1. The molecule has 0 aliphatic heterocycles. The summed E-state index contributed by atoms with van der Waals surface area (Å²) < 4.78 is 5.15. The fourth-order valence-electron chi connectivity index (χ4n) is 3.75. The third kappa shape index (κ3) is 5.26. The van der Waals surface area contributed by atoms with Crippen LogP contribution >= 0.6 is 0 Å². The second-order valence-corrected chi connectivity index (χ2v) is 8.03. The Kier molecular flexibility index (Phi) is 7.35. The molecule has 3 aromatic carbocycles. The van der Waals surface area contributed by atoms with Gasteiger partial charge < -0.3 is 15.4 Å². The largest absolute Gasteiger partial charge is 0.465 e. The minimum Gasteiger partial charge on any atom is -0.465 e. The quantitative estimate of drug-likeness (QED) is 0.398. The highest BCUT2D eigenvalue weighted by atomic mass is 16.5. The van der Waals surface area contributed by atoms with E-state index in [9.17, 15) is 4.79 Å². The van der Waals surface area contributed by atoms with Gasteiger partial charge in [-0.1, -0.05) is 43.3 Å². The molecule has 0 saturated carbocycles. The third-order valence-corrected chi connectivity index (χ3v) is 5.28. The molecule has 0 heterocycles. The van der Waals surface area contributed by atoms with Crippen LogP contribution in [0.3, 0.4) is 0 Å². The van der Waals surface area contributed by atoms with E-state index in [2.05, 4.69) is 73.9 Å². The van der Waals surface area contributed by atoms with E-state index in [0.717, 1.165) is 52.2 Å². The van der Waals surface area contributed by atoms with Crippen LogP contribution in [0.5, 0.6) is 0 Å². The third-order valence-electron chi connectivity index (χ3n) is 5.28. The minimum atomic E-state index is -0.319. The monoisotopic (exact) mass is 416 g/mol. The number of rotatable bonds is 8. The molecule has 4 heteroatoms. The number of hydrogen-bond donors (Lipinski definition) is 2. The van der Waals surface area contributed by atoms with Crippen LogP contribution in [0, 0.1) is 6.92 Å². The maximum atomic E-state index is 12.8. The first-order valence-electron chi connectivity index (χ1n) is 10.9. The van der Waals surface area contributed by atoms with Crippen molar-refractivity contribution in [3.63, 3.8) is 0 Å². The van der Waals surface area contributed by atoms with E-state index >= 15 is 0 Å². The standard InChI is InChI=1S/C27H32N2O2/c1-6-17-28-22-11-7-21(8-12-22)25-16-15-24(19(4)26(25)27(30)31-5)20-9-13-23(14-10-20)29-18(2)3/h7-16,18,28-29H,6,17H2,1-5H3. The summed E-state index contributed by atoms with van der Waals surface area (Å²) in [5, 5.41) is 6.79. The van der Waals surface area contributed by atoms with E-state index in [-0.39, 0.29) is 5.97 Å². The van der Waals surface area contributed by atoms with Gasteiger partial charge in [-0.05, 0) is 79.3 Å². The van der Waals surface area contributed by atoms with Gasteiger partial charge in [0.25, 0.3) is 0 Å². The molecule has 3 rings (SSSR count). The SMILES string of the molecule is CCCNc1ccc(-c2ccc(-c3ccc(NC(C)C)cc3)c(C)c2C(=O)OC)cc1. The number of carbonyl (C=O) groups excluding carboxylic acids is 1. The first kappa shape index (κ1) is 22.4. The molecule has 2 N–H and O–H groups in total. The van der Waals surface area contributed by atoms with Crippen LogP contribution in [0.25, 0.3) is 22.3 Å². The first-order chi connectivity index (χ1) is 14.9. The molecule has 0 amide bonds. The molecule has 0 spiro atoms. The number of hydrogen-bond acceptors (Lipinski definition) is 4. The van der Waals surface area contributed by atoms with Crippen molar-refractivity contribution < 1.29 is 9.53 Å². The predicted octanol–water partition coefficient (Wildman–Crippen LogP) is 6.76. The van der Waals surface area contributed by atoms with Crippen molar-refractivity contribution >= 4 is 17.3 Å². The van der Waals surface area contributed by atoms with Gasteiger partial charge in [0, 0.05) is 24.0 Å². The fraction of sp³-hybridized carbons (Fsp3) is 0.296. The van der Waals surface area contributed by atoms with Gasteiger partial charge in [0.05, 0.1) is 12.7 Å². The van der Waals surface area contributed by atoms with E-state index in [1.54, 1.807) is 0 Å². The summed E-state index contributed by atoms with van der Waals surface area (Å²) in [5.41, 5.74) is 7.67. The maximum Gasteiger partial charge on any atom is 0.338 e. The number of anilines is 2. The van der Waals surface area contributed by atoms with E-state index in [1.807, 2.05) is 25.1 Å². The molecule has 0 aliphatic carbocycles. The van der Waals surface area contributed by atoms with Gasteiger partial charge in [-0.3, -0.25) is 0 Å². The highest BCUT2D eigenvalue weighted by Crippen LogP contribution is 2.34. The highest BCUT2D eigenvalue weighted by Gasteiger charge is 2.19. The van der Waals surface area contributed by atoms with Crippen molar-refractivity contribution in [3.8, 4) is 22.3 Å². The second-order valence-electron chi connectivity index (χ2n) is 8.03. The summed E-state index contributed by atoms with van der Waals surface area (Å²) in [6, 6.07) is 21.0. The Bertz CT molecular complexity index is 1020. The Morgan fingerprint density at radius 1 is 0.871 bits per heavy atom. The van der Waals surface area contributed by atoms with Crippen LogP contribution in [-0.2, 0) is 4.74 Å². The topological polar surface area (TPSA) is 50.4 Å². The van der Waals surface area contributed by atoms with Gasteiger partial charge in [-0.15, -0.1) is 0 Å². The maximum absolute atomic E-state index is 12.8. The number of carbonyl (C=O) groups is 1. The van der Waals surface area contributed by atoms with Gasteiger partial charge in [-0.25, -0.2) is 4.79 Å². The summed E-state index contributed by atoms with van der Waals surface area (Å²) in [5.74, 6) is -0.319. The van der Waals surface area contributed by atoms with Gasteiger partial charge in [-0.2, -0.15) is 0 Å². The van der Waals surface area contributed by atoms with Gasteiger partial charge in [0.2, 0.25) is 0 Å². The molecule has 0 bridgehead atoms. The molecule has 162 valence electrons. The Hall–Kier alpha value is -3.27. The molecule has 4 nitrogen and oxygen atoms in total. The Balaban J connectivity index is 2.01. The van der Waals surface area contributed by atoms with Gasteiger partial charge >= 0.3 is 5.97 Å². The van der Waals surface area contributed by atoms with Gasteiger partial charge in [0.15, 0.2) is 0 Å². The van der Waals surface area contributed by atoms with Crippen molar-refractivity contribution in [2.24, 2.45) is 0 Å². The van der Waals surface area contributed by atoms with Crippen molar-refractivity contribution in [1.29, 1.82) is 0 Å². The lowest BCUT2D eigenvalue weighted by atomic mass is 9.89. The van der Waals surface area contributed by atoms with Crippen molar-refractivity contribution in [1.82, 2.24) is 0 Å². The second kappa shape index (κ2) is 10.2. The first-order valence-corrected chi connectivity index (χ1v) is 10.9. The van der Waals surface area contributed by atoms with Crippen molar-refractivity contribution in [2.75, 3.05) is 24.3 Å². The van der Waals surface area contributed by atoms with Crippen LogP contribution in [0.1, 0.15) is 43.1 Å². The molecule has 0 atom stereocenters. The van der Waals surface area contributed by atoms with Crippen LogP contribution < -0.4 is 10.6 Å². The molecule has 0 fully saturated rings. The molecule has 0 saturated heterocycles. The van der Waals surface area contributed by atoms with Gasteiger partial charge in [0.1, 0.15) is 0 Å². The Labute approximate surface area is 185 Å². The number of nitrogens with one attached hydrogen (secondary N) is 2. The molecule has 0 aromatic heterocycles. The zero-order valence-electron chi connectivity index (χ0n) is 19.1. The molecule has 31 heavy (non-hydrogen) atoms. The van der Waals surface area contributed by atoms with Crippen molar-refractivity contribution in [2.45, 2.75) is 40.2 Å². The normalized spacial score (nSPS) is 10.8. The lowest BCUT2D eigenvalue weighted by Crippen LogP contribution is -2.09. The number of methoxy groups -OCH3 is 1. The zero-order valence-corrected chi connectivity index (χ0v) is 19.1. The van der Waals surface area contributed by atoms with Crippen LogP contribution in [0.2, 0.25) is 0 Å². The number of benzene rings is 3. The fourth-order valence-corrected chi connectivity index (χ4v) is 3.75. The highest BCUT2D eigenvalue weighted by molar-refractivity contribution is 6.01. The summed E-state index contributed by atoms with van der Waals surface area (Å²) in [6.07, 6.45) is 1.07. The Morgan fingerprint density at radius 2 is 1.42 bits per heavy atom. The molecular formula is C27H32N2O2. The average Bonchev–Trinajstić information content (AvgIpc) is 2.77. The molecule has 0 radical (unpaired) electrons. The minimum absolute atomic E-state index is 0.319. The summed E-state index contributed by atoms with van der Waals surface area (Å²) in [7, 11) is 1.43. The van der Waals surface area contributed by atoms with E-state index in [0.29, 0.717) is 11.6 Å². The molecule has 0 unspecified atom stereocenters. The smallest absolute Gasteiger partial charge is 0.338 e. The summed E-state index contributed by atoms with van der Waals surface area (Å²) in [6.45, 7) is 9.30. The van der Waals surface area contributed by atoms with Crippen LogP contribution in [-0.4, -0.2) is 25.7 Å². The average molecular weight is 417 g/mol. The Morgan fingerprint density at radius 3 is 1.97 bits per heavy atom. The molecule has 3 aromatic rings. The van der Waals surface area contributed by atoms with E-state index in [1.165, 1.54) is 7.11 Å².